The Morgan fingerprint density at radius 2 is 1.83 bits per heavy atom. The number of rotatable bonds is 1. The zero-order chi connectivity index (χ0) is 12.4. The second-order valence-electron chi connectivity index (χ2n) is 4.87. The lowest BCUT2D eigenvalue weighted by Gasteiger charge is -2.25. The van der Waals surface area contributed by atoms with Gasteiger partial charge in [-0.25, -0.2) is 4.39 Å². The SMILES string of the molecule is Fc1cc2c(cc1C1CCCCN1)OCCCO2. The van der Waals surface area contributed by atoms with Crippen LogP contribution in [0.4, 0.5) is 4.39 Å². The van der Waals surface area contributed by atoms with E-state index in [1.54, 1.807) is 6.07 Å². The minimum absolute atomic E-state index is 0.107. The van der Waals surface area contributed by atoms with E-state index in [1.165, 1.54) is 12.5 Å². The first-order chi connectivity index (χ1) is 8.84. The highest BCUT2D eigenvalue weighted by Gasteiger charge is 2.22. The molecule has 0 aromatic heterocycles. The van der Waals surface area contributed by atoms with Crippen LogP contribution in [0.5, 0.6) is 11.5 Å². The van der Waals surface area contributed by atoms with Crippen LogP contribution < -0.4 is 14.8 Å². The van der Waals surface area contributed by atoms with Gasteiger partial charge in [-0.2, -0.15) is 0 Å². The lowest BCUT2D eigenvalue weighted by Crippen LogP contribution is -2.27. The number of piperidine rings is 1. The van der Waals surface area contributed by atoms with Crippen molar-refractivity contribution in [3.8, 4) is 11.5 Å². The fourth-order valence-electron chi connectivity index (χ4n) is 2.58. The van der Waals surface area contributed by atoms with Crippen LogP contribution in [0.15, 0.2) is 12.1 Å². The summed E-state index contributed by atoms with van der Waals surface area (Å²) in [6, 6.07) is 3.38. The highest BCUT2D eigenvalue weighted by atomic mass is 19.1. The molecule has 18 heavy (non-hydrogen) atoms. The van der Waals surface area contributed by atoms with Gasteiger partial charge in [-0.1, -0.05) is 6.42 Å². The monoisotopic (exact) mass is 251 g/mol. The van der Waals surface area contributed by atoms with Crippen molar-refractivity contribution < 1.29 is 13.9 Å². The molecule has 1 atom stereocenters. The maximum Gasteiger partial charge on any atom is 0.164 e. The molecule has 0 bridgehead atoms. The Balaban J connectivity index is 1.92. The van der Waals surface area contributed by atoms with Crippen molar-refractivity contribution in [2.75, 3.05) is 19.8 Å². The molecule has 1 unspecified atom stereocenters. The highest BCUT2D eigenvalue weighted by Crippen LogP contribution is 2.36. The number of ether oxygens (including phenoxy) is 2. The maximum absolute atomic E-state index is 14.1. The van der Waals surface area contributed by atoms with Crippen LogP contribution in [0.25, 0.3) is 0 Å². The van der Waals surface area contributed by atoms with Crippen LogP contribution in [0, 0.1) is 5.82 Å². The Kier molecular flexibility index (Phi) is 3.37. The Labute approximate surface area is 106 Å². The maximum atomic E-state index is 14.1. The van der Waals surface area contributed by atoms with Gasteiger partial charge in [-0.05, 0) is 25.5 Å². The second kappa shape index (κ2) is 5.14. The number of benzene rings is 1. The summed E-state index contributed by atoms with van der Waals surface area (Å²) in [4.78, 5) is 0. The Morgan fingerprint density at radius 1 is 1.06 bits per heavy atom. The summed E-state index contributed by atoms with van der Waals surface area (Å²) >= 11 is 0. The molecule has 0 aliphatic carbocycles. The molecule has 98 valence electrons. The predicted molar refractivity (Wildman–Crippen MR) is 66.6 cm³/mol. The molecule has 2 heterocycles. The average molecular weight is 251 g/mol. The normalized spacial score (nSPS) is 23.5. The second-order valence-corrected chi connectivity index (χ2v) is 4.87. The van der Waals surface area contributed by atoms with Gasteiger partial charge in [0.25, 0.3) is 0 Å². The van der Waals surface area contributed by atoms with Gasteiger partial charge in [0.15, 0.2) is 11.5 Å². The van der Waals surface area contributed by atoms with Crippen molar-refractivity contribution in [2.45, 2.75) is 31.7 Å². The summed E-state index contributed by atoms with van der Waals surface area (Å²) in [5, 5.41) is 3.36. The molecule has 2 aliphatic heterocycles. The fraction of sp³-hybridized carbons (Fsp3) is 0.571. The Morgan fingerprint density at radius 3 is 2.56 bits per heavy atom. The van der Waals surface area contributed by atoms with E-state index in [2.05, 4.69) is 5.32 Å². The quantitative estimate of drug-likeness (QED) is 0.832. The van der Waals surface area contributed by atoms with Crippen molar-refractivity contribution in [2.24, 2.45) is 0 Å². The number of fused-ring (bicyclic) bond motifs is 1. The van der Waals surface area contributed by atoms with Crippen molar-refractivity contribution in [1.82, 2.24) is 5.32 Å². The van der Waals surface area contributed by atoms with Crippen LogP contribution in [-0.4, -0.2) is 19.8 Å². The molecule has 1 saturated heterocycles. The fourth-order valence-corrected chi connectivity index (χ4v) is 2.58. The summed E-state index contributed by atoms with van der Waals surface area (Å²) in [6.07, 6.45) is 4.14. The highest BCUT2D eigenvalue weighted by molar-refractivity contribution is 5.45. The Hall–Kier alpha value is -1.29. The molecule has 0 radical (unpaired) electrons. The van der Waals surface area contributed by atoms with E-state index in [0.717, 1.165) is 25.8 Å². The van der Waals surface area contributed by atoms with Gasteiger partial charge >= 0.3 is 0 Å². The largest absolute Gasteiger partial charge is 0.490 e. The summed E-state index contributed by atoms with van der Waals surface area (Å²) in [6.45, 7) is 2.18. The van der Waals surface area contributed by atoms with E-state index in [4.69, 9.17) is 9.47 Å². The minimum Gasteiger partial charge on any atom is -0.490 e. The topological polar surface area (TPSA) is 30.5 Å². The van der Waals surface area contributed by atoms with E-state index in [1.807, 2.05) is 0 Å². The molecule has 0 saturated carbocycles. The zero-order valence-electron chi connectivity index (χ0n) is 10.4. The lowest BCUT2D eigenvalue weighted by atomic mass is 9.97. The molecule has 1 N–H and O–H groups in total. The van der Waals surface area contributed by atoms with Gasteiger partial charge in [0, 0.05) is 24.1 Å². The van der Waals surface area contributed by atoms with Crippen LogP contribution in [0.2, 0.25) is 0 Å². The van der Waals surface area contributed by atoms with Gasteiger partial charge in [0.05, 0.1) is 13.2 Å². The summed E-state index contributed by atoms with van der Waals surface area (Å²) in [5.41, 5.74) is 0.707. The number of hydrogen-bond acceptors (Lipinski definition) is 3. The van der Waals surface area contributed by atoms with Crippen molar-refractivity contribution >= 4 is 0 Å². The van der Waals surface area contributed by atoms with Crippen molar-refractivity contribution in [1.29, 1.82) is 0 Å². The molecule has 2 aliphatic rings. The Bertz CT molecular complexity index is 430. The molecule has 3 rings (SSSR count). The molecule has 1 fully saturated rings. The molecular formula is C14H18FNO2. The summed E-state index contributed by atoms with van der Waals surface area (Å²) < 4.78 is 25.2. The van der Waals surface area contributed by atoms with E-state index >= 15 is 0 Å². The lowest BCUT2D eigenvalue weighted by molar-refractivity contribution is 0.296. The van der Waals surface area contributed by atoms with Crippen LogP contribution >= 0.6 is 0 Å². The van der Waals surface area contributed by atoms with Gasteiger partial charge in [-0.3, -0.25) is 0 Å². The number of nitrogens with one attached hydrogen (secondary N) is 1. The third-order valence-corrected chi connectivity index (χ3v) is 3.55. The van der Waals surface area contributed by atoms with Gasteiger partial charge in [0.2, 0.25) is 0 Å². The van der Waals surface area contributed by atoms with E-state index in [-0.39, 0.29) is 11.9 Å². The van der Waals surface area contributed by atoms with Crippen LogP contribution in [-0.2, 0) is 0 Å². The molecule has 1 aromatic rings. The zero-order valence-corrected chi connectivity index (χ0v) is 10.4. The van der Waals surface area contributed by atoms with Gasteiger partial charge < -0.3 is 14.8 Å². The molecular weight excluding hydrogens is 233 g/mol. The average Bonchev–Trinajstić information content (AvgIpc) is 2.63. The number of hydrogen-bond donors (Lipinski definition) is 1. The van der Waals surface area contributed by atoms with Gasteiger partial charge in [0.1, 0.15) is 5.82 Å². The van der Waals surface area contributed by atoms with E-state index in [0.29, 0.717) is 30.3 Å². The van der Waals surface area contributed by atoms with E-state index in [9.17, 15) is 4.39 Å². The number of halogens is 1. The summed E-state index contributed by atoms with van der Waals surface area (Å²) in [7, 11) is 0. The van der Waals surface area contributed by atoms with E-state index < -0.39 is 0 Å². The predicted octanol–water partition coefficient (Wildman–Crippen LogP) is 2.80. The molecule has 4 heteroatoms. The molecule has 0 amide bonds. The standard InChI is InChI=1S/C14H18FNO2/c15-11-9-14-13(17-6-3-7-18-14)8-10(11)12-4-1-2-5-16-12/h8-9,12,16H,1-7H2. The van der Waals surface area contributed by atoms with Crippen molar-refractivity contribution in [3.05, 3.63) is 23.5 Å². The molecule has 1 aromatic carbocycles. The third-order valence-electron chi connectivity index (χ3n) is 3.55. The summed E-state index contributed by atoms with van der Waals surface area (Å²) in [5.74, 6) is 1.01. The first kappa shape index (κ1) is 11.8. The first-order valence-electron chi connectivity index (χ1n) is 6.67. The van der Waals surface area contributed by atoms with Gasteiger partial charge in [-0.15, -0.1) is 0 Å². The van der Waals surface area contributed by atoms with Crippen molar-refractivity contribution in [3.63, 3.8) is 0 Å². The third kappa shape index (κ3) is 2.29. The van der Waals surface area contributed by atoms with Crippen LogP contribution in [0.3, 0.4) is 0 Å². The smallest absolute Gasteiger partial charge is 0.164 e. The first-order valence-corrected chi connectivity index (χ1v) is 6.67. The van der Waals surface area contributed by atoms with Crippen LogP contribution in [0.1, 0.15) is 37.3 Å². The minimum atomic E-state index is -0.196. The molecule has 3 nitrogen and oxygen atoms in total. The molecule has 0 spiro atoms.